The molecular formula is C16H28O2Si. The summed E-state index contributed by atoms with van der Waals surface area (Å²) in [6.07, 6.45) is 11.0. The maximum atomic E-state index is 6.10. The Hall–Kier alpha value is -0.443. The van der Waals surface area contributed by atoms with Gasteiger partial charge < -0.3 is 9.16 Å². The Morgan fingerprint density at radius 1 is 1.00 bits per heavy atom. The standard InChI is InChI=1S/C16H28O2Si/c1-17-15(18-19(2,3)4)11-16-8-12-5-13(9-16)7-14(6-12)10-16/h11-14H,5-10H2,1-4H3/b15-11-. The van der Waals surface area contributed by atoms with Crippen molar-refractivity contribution in [3.8, 4) is 0 Å². The molecular weight excluding hydrogens is 252 g/mol. The summed E-state index contributed by atoms with van der Waals surface area (Å²) in [6, 6.07) is 0. The molecule has 4 aliphatic rings. The monoisotopic (exact) mass is 280 g/mol. The number of methoxy groups -OCH3 is 1. The van der Waals surface area contributed by atoms with E-state index >= 15 is 0 Å². The van der Waals surface area contributed by atoms with Gasteiger partial charge in [-0.3, -0.25) is 0 Å². The summed E-state index contributed by atoms with van der Waals surface area (Å²) in [7, 11) is 0.187. The number of ether oxygens (including phenoxy) is 1. The molecule has 0 spiro atoms. The van der Waals surface area contributed by atoms with E-state index in [9.17, 15) is 0 Å². The van der Waals surface area contributed by atoms with Gasteiger partial charge in [0.2, 0.25) is 8.32 Å². The zero-order valence-electron chi connectivity index (χ0n) is 12.9. The average Bonchev–Trinajstić information content (AvgIpc) is 2.23. The third kappa shape index (κ3) is 2.86. The Balaban J connectivity index is 1.80. The van der Waals surface area contributed by atoms with E-state index in [0.717, 1.165) is 23.7 Å². The van der Waals surface area contributed by atoms with Gasteiger partial charge in [0.1, 0.15) is 0 Å². The highest BCUT2D eigenvalue weighted by atomic mass is 28.4. The fourth-order valence-corrected chi connectivity index (χ4v) is 5.78. The van der Waals surface area contributed by atoms with E-state index in [4.69, 9.17) is 9.16 Å². The van der Waals surface area contributed by atoms with Crippen molar-refractivity contribution in [2.75, 3.05) is 7.11 Å². The van der Waals surface area contributed by atoms with Gasteiger partial charge in [-0.2, -0.15) is 0 Å². The van der Waals surface area contributed by atoms with Crippen molar-refractivity contribution in [3.05, 3.63) is 12.0 Å². The summed E-state index contributed by atoms with van der Waals surface area (Å²) in [5.41, 5.74) is 0.403. The second-order valence-electron chi connectivity index (χ2n) is 8.16. The van der Waals surface area contributed by atoms with Gasteiger partial charge in [0, 0.05) is 6.08 Å². The Kier molecular flexibility index (Phi) is 3.23. The molecule has 0 saturated heterocycles. The van der Waals surface area contributed by atoms with Crippen LogP contribution in [0, 0.1) is 23.2 Å². The van der Waals surface area contributed by atoms with E-state index < -0.39 is 8.32 Å². The Labute approximate surface area is 118 Å². The lowest BCUT2D eigenvalue weighted by molar-refractivity contribution is -0.0284. The Morgan fingerprint density at radius 3 is 1.84 bits per heavy atom. The van der Waals surface area contributed by atoms with Gasteiger partial charge in [0.15, 0.2) is 0 Å². The first-order valence-corrected chi connectivity index (χ1v) is 11.2. The SMILES string of the molecule is CO/C(=C/C12CC3CC(CC(C3)C1)C2)O[Si](C)(C)C. The summed E-state index contributed by atoms with van der Waals surface area (Å²) >= 11 is 0. The van der Waals surface area contributed by atoms with E-state index in [2.05, 4.69) is 25.7 Å². The van der Waals surface area contributed by atoms with Gasteiger partial charge in [-0.25, -0.2) is 0 Å². The number of allylic oxidation sites excluding steroid dienone is 1. The maximum Gasteiger partial charge on any atom is 0.261 e. The van der Waals surface area contributed by atoms with Crippen LogP contribution in [0.15, 0.2) is 12.0 Å². The predicted octanol–water partition coefficient (Wildman–Crippen LogP) is 4.54. The van der Waals surface area contributed by atoms with Gasteiger partial charge in [0.05, 0.1) is 7.11 Å². The van der Waals surface area contributed by atoms with Gasteiger partial charge in [-0.05, 0) is 81.3 Å². The molecule has 4 rings (SSSR count). The minimum absolute atomic E-state index is 0.403. The summed E-state index contributed by atoms with van der Waals surface area (Å²) in [4.78, 5) is 0. The second-order valence-corrected chi connectivity index (χ2v) is 12.6. The van der Waals surface area contributed by atoms with E-state index in [1.165, 1.54) is 38.5 Å². The highest BCUT2D eigenvalue weighted by Crippen LogP contribution is 2.60. The van der Waals surface area contributed by atoms with Crippen molar-refractivity contribution in [1.82, 2.24) is 0 Å². The van der Waals surface area contributed by atoms with Crippen molar-refractivity contribution in [2.45, 2.75) is 58.2 Å². The van der Waals surface area contributed by atoms with Crippen LogP contribution in [0.2, 0.25) is 19.6 Å². The fraction of sp³-hybridized carbons (Fsp3) is 0.875. The smallest absolute Gasteiger partial charge is 0.261 e. The van der Waals surface area contributed by atoms with Gasteiger partial charge in [-0.1, -0.05) is 0 Å². The summed E-state index contributed by atoms with van der Waals surface area (Å²) in [5.74, 6) is 3.74. The molecule has 108 valence electrons. The first-order chi connectivity index (χ1) is 8.87. The first-order valence-electron chi connectivity index (χ1n) is 7.83. The van der Waals surface area contributed by atoms with Crippen LogP contribution >= 0.6 is 0 Å². The van der Waals surface area contributed by atoms with Crippen LogP contribution in [0.4, 0.5) is 0 Å². The zero-order valence-corrected chi connectivity index (χ0v) is 13.9. The minimum Gasteiger partial charge on any atom is -0.520 e. The third-order valence-corrected chi connectivity index (χ3v) is 5.93. The van der Waals surface area contributed by atoms with Crippen molar-refractivity contribution < 1.29 is 9.16 Å². The molecule has 0 aromatic heterocycles. The lowest BCUT2D eigenvalue weighted by Gasteiger charge is -2.55. The third-order valence-electron chi connectivity index (χ3n) is 5.12. The average molecular weight is 280 g/mol. The van der Waals surface area contributed by atoms with Crippen molar-refractivity contribution in [3.63, 3.8) is 0 Å². The highest BCUT2D eigenvalue weighted by molar-refractivity contribution is 6.69. The van der Waals surface area contributed by atoms with Crippen LogP contribution < -0.4 is 0 Å². The van der Waals surface area contributed by atoms with E-state index in [0.29, 0.717) is 5.41 Å². The van der Waals surface area contributed by atoms with Gasteiger partial charge in [-0.15, -0.1) is 0 Å². The van der Waals surface area contributed by atoms with Crippen LogP contribution in [0.25, 0.3) is 0 Å². The minimum atomic E-state index is -1.57. The highest BCUT2D eigenvalue weighted by Gasteiger charge is 2.50. The van der Waals surface area contributed by atoms with Crippen molar-refractivity contribution in [1.29, 1.82) is 0 Å². The molecule has 0 aromatic carbocycles. The lowest BCUT2D eigenvalue weighted by atomic mass is 9.49. The van der Waals surface area contributed by atoms with E-state index in [-0.39, 0.29) is 0 Å². The molecule has 0 atom stereocenters. The van der Waals surface area contributed by atoms with Crippen LogP contribution in [0.5, 0.6) is 0 Å². The zero-order chi connectivity index (χ0) is 13.7. The molecule has 0 unspecified atom stereocenters. The normalized spacial score (nSPS) is 41.5. The predicted molar refractivity (Wildman–Crippen MR) is 80.1 cm³/mol. The fourth-order valence-electron chi connectivity index (χ4n) is 5.04. The molecule has 4 bridgehead atoms. The molecule has 0 radical (unpaired) electrons. The van der Waals surface area contributed by atoms with E-state index in [1.54, 1.807) is 7.11 Å². The lowest BCUT2D eigenvalue weighted by Crippen LogP contribution is -2.45. The first kappa shape index (κ1) is 13.5. The van der Waals surface area contributed by atoms with Gasteiger partial charge >= 0.3 is 0 Å². The summed E-state index contributed by atoms with van der Waals surface area (Å²) in [6.45, 7) is 6.67. The topological polar surface area (TPSA) is 18.5 Å². The molecule has 19 heavy (non-hydrogen) atoms. The molecule has 4 saturated carbocycles. The number of hydrogen-bond donors (Lipinski definition) is 0. The molecule has 2 nitrogen and oxygen atoms in total. The second kappa shape index (κ2) is 4.54. The van der Waals surface area contributed by atoms with Crippen molar-refractivity contribution in [2.24, 2.45) is 23.2 Å². The maximum absolute atomic E-state index is 6.10. The quantitative estimate of drug-likeness (QED) is 0.556. The summed E-state index contributed by atoms with van der Waals surface area (Å²) < 4.78 is 11.6. The Morgan fingerprint density at radius 2 is 1.47 bits per heavy atom. The number of hydrogen-bond acceptors (Lipinski definition) is 2. The van der Waals surface area contributed by atoms with Crippen LogP contribution in [-0.4, -0.2) is 15.4 Å². The summed E-state index contributed by atoms with van der Waals surface area (Å²) in [5, 5.41) is 0. The Bertz CT molecular complexity index is 345. The molecule has 4 fully saturated rings. The molecule has 0 amide bonds. The molecule has 0 aromatic rings. The molecule has 0 N–H and O–H groups in total. The van der Waals surface area contributed by atoms with Crippen LogP contribution in [0.1, 0.15) is 38.5 Å². The molecule has 0 heterocycles. The largest absolute Gasteiger partial charge is 0.520 e. The van der Waals surface area contributed by atoms with Gasteiger partial charge in [0.25, 0.3) is 5.95 Å². The molecule has 4 aliphatic carbocycles. The van der Waals surface area contributed by atoms with Crippen molar-refractivity contribution >= 4 is 8.32 Å². The van der Waals surface area contributed by atoms with Crippen LogP contribution in [0.3, 0.4) is 0 Å². The number of rotatable bonds is 4. The molecule has 3 heteroatoms. The molecule has 0 aliphatic heterocycles. The van der Waals surface area contributed by atoms with E-state index in [1.807, 2.05) is 0 Å². The van der Waals surface area contributed by atoms with Crippen LogP contribution in [-0.2, 0) is 9.16 Å².